The van der Waals surface area contributed by atoms with Gasteiger partial charge in [0.05, 0.1) is 5.52 Å². The van der Waals surface area contributed by atoms with Gasteiger partial charge in [0.25, 0.3) is 0 Å². The zero-order valence-corrected chi connectivity index (χ0v) is 7.27. The van der Waals surface area contributed by atoms with Crippen molar-refractivity contribution in [3.63, 3.8) is 0 Å². The van der Waals surface area contributed by atoms with Crippen molar-refractivity contribution < 1.29 is 22.4 Å². The molecule has 2 heteroatoms. The van der Waals surface area contributed by atoms with Crippen LogP contribution in [0.15, 0.2) is 42.6 Å². The van der Waals surface area contributed by atoms with Gasteiger partial charge < -0.3 is 0 Å². The number of hydrogen-bond acceptors (Lipinski definition) is 1. The van der Waals surface area contributed by atoms with E-state index in [1.165, 1.54) is 5.39 Å². The van der Waals surface area contributed by atoms with Crippen LogP contribution in [-0.2, 0) is 22.4 Å². The van der Waals surface area contributed by atoms with Crippen molar-refractivity contribution in [2.45, 2.75) is 0 Å². The Morgan fingerprint density at radius 2 is 1.64 bits per heavy atom. The van der Waals surface area contributed by atoms with Gasteiger partial charge in [-0.1, -0.05) is 24.3 Å². The molecule has 0 atom stereocenters. The van der Waals surface area contributed by atoms with E-state index >= 15 is 0 Å². The molecule has 1 radical (unpaired) electrons. The number of aromatic nitrogens is 1. The minimum atomic E-state index is 0. The second-order valence-electron chi connectivity index (χ2n) is 2.20. The molecule has 0 aliphatic heterocycles. The van der Waals surface area contributed by atoms with Gasteiger partial charge in [0, 0.05) is 34.0 Å². The Kier molecular flexibility index (Phi) is 2.83. The molecular formula is C9H7AgN. The summed E-state index contributed by atoms with van der Waals surface area (Å²) < 4.78 is 0. The number of fused-ring (bicyclic) bond motifs is 1. The van der Waals surface area contributed by atoms with Crippen molar-refractivity contribution in [3.8, 4) is 0 Å². The molecule has 1 nitrogen and oxygen atoms in total. The molecule has 0 N–H and O–H groups in total. The molecule has 0 spiro atoms. The van der Waals surface area contributed by atoms with E-state index in [1.54, 1.807) is 0 Å². The van der Waals surface area contributed by atoms with Crippen molar-refractivity contribution in [1.29, 1.82) is 0 Å². The minimum absolute atomic E-state index is 0. The van der Waals surface area contributed by atoms with Gasteiger partial charge in [-0.3, -0.25) is 4.98 Å². The molecular weight excluding hydrogens is 230 g/mol. The largest absolute Gasteiger partial charge is 0.256 e. The van der Waals surface area contributed by atoms with Crippen molar-refractivity contribution in [1.82, 2.24) is 4.98 Å². The van der Waals surface area contributed by atoms with Crippen LogP contribution in [0.3, 0.4) is 0 Å². The van der Waals surface area contributed by atoms with Gasteiger partial charge in [-0.05, 0) is 12.1 Å². The number of hydrogen-bond donors (Lipinski definition) is 0. The van der Waals surface area contributed by atoms with Gasteiger partial charge in [0.1, 0.15) is 0 Å². The second-order valence-corrected chi connectivity index (χ2v) is 2.20. The van der Waals surface area contributed by atoms with E-state index in [-0.39, 0.29) is 22.4 Å². The quantitative estimate of drug-likeness (QED) is 0.640. The molecule has 0 bridgehead atoms. The molecule has 1 aromatic heterocycles. The number of benzene rings is 1. The van der Waals surface area contributed by atoms with E-state index < -0.39 is 0 Å². The first-order chi connectivity index (χ1) is 4.97. The maximum absolute atomic E-state index is 4.18. The summed E-state index contributed by atoms with van der Waals surface area (Å²) in [5.41, 5.74) is 1.06. The van der Waals surface area contributed by atoms with Crippen LogP contribution < -0.4 is 0 Å². The van der Waals surface area contributed by atoms with Crippen LogP contribution in [0.2, 0.25) is 0 Å². The smallest absolute Gasteiger partial charge is 0.0701 e. The number of rotatable bonds is 0. The summed E-state index contributed by atoms with van der Waals surface area (Å²) in [6.45, 7) is 0. The Hall–Kier alpha value is -0.630. The minimum Gasteiger partial charge on any atom is -0.256 e. The predicted octanol–water partition coefficient (Wildman–Crippen LogP) is 2.23. The molecule has 1 aromatic carbocycles. The van der Waals surface area contributed by atoms with Crippen molar-refractivity contribution in [3.05, 3.63) is 42.6 Å². The molecule has 0 aliphatic carbocycles. The topological polar surface area (TPSA) is 12.9 Å². The molecule has 59 valence electrons. The fraction of sp³-hybridized carbons (Fsp3) is 0. The molecule has 2 aromatic rings. The van der Waals surface area contributed by atoms with Gasteiger partial charge in [-0.2, -0.15) is 0 Å². The zero-order chi connectivity index (χ0) is 6.81. The van der Waals surface area contributed by atoms with E-state index in [0.29, 0.717) is 0 Å². The van der Waals surface area contributed by atoms with Gasteiger partial charge in [0.15, 0.2) is 0 Å². The van der Waals surface area contributed by atoms with Crippen LogP contribution in [0.25, 0.3) is 10.9 Å². The summed E-state index contributed by atoms with van der Waals surface area (Å²) in [5, 5.41) is 1.20. The third kappa shape index (κ3) is 1.69. The van der Waals surface area contributed by atoms with E-state index in [0.717, 1.165) is 5.52 Å². The Bertz CT molecular complexity index is 281. The fourth-order valence-corrected chi connectivity index (χ4v) is 1.02. The standard InChI is InChI=1S/C9H7N.Ag/c1-2-6-9-8(4-1)5-3-7-10-9;/h1-7H;. The molecule has 0 saturated carbocycles. The van der Waals surface area contributed by atoms with E-state index in [9.17, 15) is 0 Å². The first-order valence-corrected chi connectivity index (χ1v) is 3.26. The molecule has 1 heterocycles. The fourth-order valence-electron chi connectivity index (χ4n) is 1.02. The van der Waals surface area contributed by atoms with Gasteiger partial charge >= 0.3 is 0 Å². The third-order valence-electron chi connectivity index (χ3n) is 1.51. The van der Waals surface area contributed by atoms with E-state index in [2.05, 4.69) is 17.1 Å². The monoisotopic (exact) mass is 236 g/mol. The van der Waals surface area contributed by atoms with Crippen LogP contribution in [0.1, 0.15) is 0 Å². The van der Waals surface area contributed by atoms with Gasteiger partial charge in [0.2, 0.25) is 0 Å². The van der Waals surface area contributed by atoms with Crippen LogP contribution >= 0.6 is 0 Å². The predicted molar refractivity (Wildman–Crippen MR) is 41.7 cm³/mol. The molecule has 0 fully saturated rings. The Morgan fingerprint density at radius 1 is 0.909 bits per heavy atom. The summed E-state index contributed by atoms with van der Waals surface area (Å²) in [7, 11) is 0. The molecule has 2 rings (SSSR count). The van der Waals surface area contributed by atoms with E-state index in [1.807, 2.05) is 30.5 Å². The molecule has 0 aliphatic rings. The average Bonchev–Trinajstić information content (AvgIpc) is 2.05. The Morgan fingerprint density at radius 3 is 2.45 bits per heavy atom. The first-order valence-electron chi connectivity index (χ1n) is 3.26. The summed E-state index contributed by atoms with van der Waals surface area (Å²) in [6, 6.07) is 12.1. The van der Waals surface area contributed by atoms with Crippen LogP contribution in [-0.4, -0.2) is 4.98 Å². The van der Waals surface area contributed by atoms with Gasteiger partial charge in [-0.25, -0.2) is 0 Å². The average molecular weight is 237 g/mol. The Balaban J connectivity index is 0.000000605. The second kappa shape index (κ2) is 3.67. The summed E-state index contributed by atoms with van der Waals surface area (Å²) in [5.74, 6) is 0. The van der Waals surface area contributed by atoms with Crippen LogP contribution in [0.4, 0.5) is 0 Å². The normalized spacial score (nSPS) is 9.09. The van der Waals surface area contributed by atoms with Crippen molar-refractivity contribution in [2.24, 2.45) is 0 Å². The van der Waals surface area contributed by atoms with E-state index in [4.69, 9.17) is 0 Å². The molecule has 11 heavy (non-hydrogen) atoms. The molecule has 0 saturated heterocycles. The third-order valence-corrected chi connectivity index (χ3v) is 1.51. The number of para-hydroxylation sites is 1. The first kappa shape index (κ1) is 8.47. The number of nitrogens with zero attached hydrogens (tertiary/aromatic N) is 1. The number of pyridine rings is 1. The van der Waals surface area contributed by atoms with Gasteiger partial charge in [-0.15, -0.1) is 0 Å². The Labute approximate surface area is 81.0 Å². The zero-order valence-electron chi connectivity index (χ0n) is 5.79. The van der Waals surface area contributed by atoms with Crippen molar-refractivity contribution in [2.75, 3.05) is 0 Å². The van der Waals surface area contributed by atoms with Crippen molar-refractivity contribution >= 4 is 10.9 Å². The molecule has 0 amide bonds. The van der Waals surface area contributed by atoms with Crippen LogP contribution in [0, 0.1) is 0 Å². The SMILES string of the molecule is [Ag].c1ccc2ncccc2c1. The maximum Gasteiger partial charge on any atom is 0.0701 e. The summed E-state index contributed by atoms with van der Waals surface area (Å²) >= 11 is 0. The maximum atomic E-state index is 4.18. The molecule has 0 unspecified atom stereocenters. The van der Waals surface area contributed by atoms with Crippen LogP contribution in [0.5, 0.6) is 0 Å². The summed E-state index contributed by atoms with van der Waals surface area (Å²) in [6.07, 6.45) is 1.81. The summed E-state index contributed by atoms with van der Waals surface area (Å²) in [4.78, 5) is 4.18.